The maximum Gasteiger partial charge on any atom is 0.341 e. The van der Waals surface area contributed by atoms with Crippen molar-refractivity contribution in [3.05, 3.63) is 77.2 Å². The molecule has 1 N–H and O–H groups in total. The summed E-state index contributed by atoms with van der Waals surface area (Å²) in [7, 11) is 0. The third-order valence-corrected chi connectivity index (χ3v) is 5.77. The van der Waals surface area contributed by atoms with Crippen molar-refractivity contribution < 1.29 is 14.3 Å². The van der Waals surface area contributed by atoms with Gasteiger partial charge in [-0.2, -0.15) is 0 Å². The average Bonchev–Trinajstić information content (AvgIpc) is 3.21. The van der Waals surface area contributed by atoms with Gasteiger partial charge in [-0.05, 0) is 30.8 Å². The van der Waals surface area contributed by atoms with Crippen LogP contribution in [0, 0.1) is 0 Å². The molecule has 0 bridgehead atoms. The molecular formula is C24H27ClN2O3S. The number of esters is 1. The fourth-order valence-electron chi connectivity index (χ4n) is 3.13. The quantitative estimate of drug-likeness (QED) is 0.425. The van der Waals surface area contributed by atoms with Crippen LogP contribution in [0.1, 0.15) is 34.6 Å². The molecule has 0 aliphatic carbocycles. The highest BCUT2D eigenvalue weighted by Crippen LogP contribution is 2.36. The number of hydrogen-bond donors (Lipinski definition) is 1. The predicted molar refractivity (Wildman–Crippen MR) is 129 cm³/mol. The summed E-state index contributed by atoms with van der Waals surface area (Å²) < 4.78 is 5.59. The zero-order valence-corrected chi connectivity index (χ0v) is 19.3. The number of likely N-dealkylation sites (N-methyl/N-ethyl adjacent to an activating group) is 1. The van der Waals surface area contributed by atoms with Gasteiger partial charge in [-0.25, -0.2) is 4.79 Å². The number of nitrogens with zero attached hydrogens (tertiary/aromatic N) is 1. The summed E-state index contributed by atoms with van der Waals surface area (Å²) in [5, 5.41) is 5.27. The van der Waals surface area contributed by atoms with E-state index in [2.05, 4.69) is 24.1 Å². The molecule has 1 heterocycles. The van der Waals surface area contributed by atoms with Crippen molar-refractivity contribution in [2.45, 2.75) is 13.8 Å². The molecule has 0 fully saturated rings. The largest absolute Gasteiger partial charge is 0.461 e. The Morgan fingerprint density at radius 2 is 1.58 bits per heavy atom. The lowest BCUT2D eigenvalue weighted by Gasteiger charge is -2.17. The Balaban J connectivity index is 0.00000341. The minimum atomic E-state index is -0.425. The molecule has 0 unspecified atom stereocenters. The standard InChI is InChI=1S/C24H26N2O3S.ClH/c1-3-26(4-2)15-16-29-24(28)21-20(18-11-7-5-8-12-18)17-30-23(21)25-22(27)19-13-9-6-10-14-19;/h5-14,17H,3-4,15-16H2,1-2H3,(H,25,27);1H. The molecule has 3 aromatic rings. The summed E-state index contributed by atoms with van der Waals surface area (Å²) in [4.78, 5) is 27.9. The van der Waals surface area contributed by atoms with Crippen molar-refractivity contribution in [2.24, 2.45) is 0 Å². The maximum absolute atomic E-state index is 13.0. The second-order valence-corrected chi connectivity index (χ2v) is 7.58. The van der Waals surface area contributed by atoms with E-state index >= 15 is 0 Å². The number of benzene rings is 2. The fourth-order valence-corrected chi connectivity index (χ4v) is 4.08. The number of nitrogens with one attached hydrogen (secondary N) is 1. The number of halogens is 1. The van der Waals surface area contributed by atoms with Crippen molar-refractivity contribution in [1.82, 2.24) is 4.90 Å². The second kappa shape index (κ2) is 12.2. The molecule has 1 amide bonds. The number of carbonyl (C=O) groups excluding carboxylic acids is 2. The molecule has 2 aromatic carbocycles. The molecule has 164 valence electrons. The van der Waals surface area contributed by atoms with Gasteiger partial charge in [0.25, 0.3) is 5.91 Å². The Kier molecular flexibility index (Phi) is 9.72. The first-order valence-electron chi connectivity index (χ1n) is 10.1. The van der Waals surface area contributed by atoms with Gasteiger partial charge in [-0.1, -0.05) is 62.4 Å². The van der Waals surface area contributed by atoms with Crippen LogP contribution in [0.3, 0.4) is 0 Å². The summed E-state index contributed by atoms with van der Waals surface area (Å²) in [5.74, 6) is -0.681. The van der Waals surface area contributed by atoms with Gasteiger partial charge in [0, 0.05) is 23.1 Å². The lowest BCUT2D eigenvalue weighted by molar-refractivity contribution is 0.0469. The first-order chi connectivity index (χ1) is 14.6. The highest BCUT2D eigenvalue weighted by atomic mass is 35.5. The van der Waals surface area contributed by atoms with Gasteiger partial charge in [0.1, 0.15) is 17.2 Å². The third-order valence-electron chi connectivity index (χ3n) is 4.88. The average molecular weight is 459 g/mol. The molecule has 3 rings (SSSR count). The van der Waals surface area contributed by atoms with Gasteiger partial charge >= 0.3 is 5.97 Å². The SMILES string of the molecule is CCN(CC)CCOC(=O)c1c(-c2ccccc2)csc1NC(=O)c1ccccc1.Cl. The molecule has 31 heavy (non-hydrogen) atoms. The summed E-state index contributed by atoms with van der Waals surface area (Å²) >= 11 is 1.33. The van der Waals surface area contributed by atoms with E-state index in [0.717, 1.165) is 24.2 Å². The van der Waals surface area contributed by atoms with Gasteiger partial charge in [-0.15, -0.1) is 23.7 Å². The van der Waals surface area contributed by atoms with E-state index in [9.17, 15) is 9.59 Å². The molecule has 0 aliphatic heterocycles. The monoisotopic (exact) mass is 458 g/mol. The van der Waals surface area contributed by atoms with Crippen molar-refractivity contribution >= 4 is 40.6 Å². The minimum Gasteiger partial charge on any atom is -0.461 e. The van der Waals surface area contributed by atoms with E-state index in [-0.39, 0.29) is 18.3 Å². The molecule has 0 aliphatic rings. The third kappa shape index (κ3) is 6.40. The summed E-state index contributed by atoms with van der Waals surface area (Å²) in [6.07, 6.45) is 0. The van der Waals surface area contributed by atoms with Crippen LogP contribution in [0.2, 0.25) is 0 Å². The van der Waals surface area contributed by atoms with E-state index in [0.29, 0.717) is 29.3 Å². The van der Waals surface area contributed by atoms with E-state index in [1.807, 2.05) is 41.8 Å². The highest BCUT2D eigenvalue weighted by Gasteiger charge is 2.23. The Bertz CT molecular complexity index is 973. The van der Waals surface area contributed by atoms with Gasteiger partial charge < -0.3 is 15.0 Å². The molecule has 0 saturated carbocycles. The molecule has 0 atom stereocenters. The Labute approximate surface area is 193 Å². The molecular weight excluding hydrogens is 432 g/mol. The van der Waals surface area contributed by atoms with Crippen LogP contribution in [0.5, 0.6) is 0 Å². The normalized spacial score (nSPS) is 10.4. The fraction of sp³-hybridized carbons (Fsp3) is 0.250. The van der Waals surface area contributed by atoms with Crippen LogP contribution in [0.25, 0.3) is 11.1 Å². The second-order valence-electron chi connectivity index (χ2n) is 6.70. The van der Waals surface area contributed by atoms with Crippen molar-refractivity contribution in [3.8, 4) is 11.1 Å². The van der Waals surface area contributed by atoms with Crippen molar-refractivity contribution in [3.63, 3.8) is 0 Å². The number of rotatable bonds is 9. The number of thiophene rings is 1. The molecule has 0 radical (unpaired) electrons. The van der Waals surface area contributed by atoms with Crippen LogP contribution in [0.15, 0.2) is 66.0 Å². The summed E-state index contributed by atoms with van der Waals surface area (Å²) in [6.45, 7) is 6.94. The molecule has 5 nitrogen and oxygen atoms in total. The number of carbonyl (C=O) groups is 2. The number of amides is 1. The predicted octanol–water partition coefficient (Wildman–Crippen LogP) is 5.59. The van der Waals surface area contributed by atoms with Crippen molar-refractivity contribution in [2.75, 3.05) is 31.6 Å². The first-order valence-corrected chi connectivity index (χ1v) is 10.9. The Hall–Kier alpha value is -2.67. The zero-order valence-electron chi connectivity index (χ0n) is 17.7. The van der Waals surface area contributed by atoms with Crippen LogP contribution in [-0.4, -0.2) is 43.0 Å². The van der Waals surface area contributed by atoms with Crippen LogP contribution < -0.4 is 5.32 Å². The van der Waals surface area contributed by atoms with Gasteiger partial charge in [0.05, 0.1) is 0 Å². The van der Waals surface area contributed by atoms with E-state index in [4.69, 9.17) is 4.74 Å². The van der Waals surface area contributed by atoms with E-state index in [1.54, 1.807) is 24.3 Å². The Morgan fingerprint density at radius 1 is 0.968 bits per heavy atom. The van der Waals surface area contributed by atoms with Crippen LogP contribution >= 0.6 is 23.7 Å². The topological polar surface area (TPSA) is 58.6 Å². The minimum absolute atomic E-state index is 0. The zero-order chi connectivity index (χ0) is 21.3. The number of hydrogen-bond acceptors (Lipinski definition) is 5. The molecule has 0 spiro atoms. The summed E-state index contributed by atoms with van der Waals surface area (Å²) in [6, 6.07) is 18.6. The van der Waals surface area contributed by atoms with Gasteiger partial charge in [-0.3, -0.25) is 4.79 Å². The van der Waals surface area contributed by atoms with Crippen LogP contribution in [0.4, 0.5) is 5.00 Å². The van der Waals surface area contributed by atoms with E-state index in [1.165, 1.54) is 11.3 Å². The number of ether oxygens (including phenoxy) is 1. The summed E-state index contributed by atoms with van der Waals surface area (Å²) in [5.41, 5.74) is 2.60. The Morgan fingerprint density at radius 3 is 2.19 bits per heavy atom. The smallest absolute Gasteiger partial charge is 0.341 e. The van der Waals surface area contributed by atoms with Gasteiger partial charge in [0.2, 0.25) is 0 Å². The van der Waals surface area contributed by atoms with Crippen LogP contribution in [-0.2, 0) is 4.74 Å². The molecule has 7 heteroatoms. The maximum atomic E-state index is 13.0. The lowest BCUT2D eigenvalue weighted by Crippen LogP contribution is -2.28. The van der Waals surface area contributed by atoms with Gasteiger partial charge in [0.15, 0.2) is 0 Å². The molecule has 1 aromatic heterocycles. The number of anilines is 1. The van der Waals surface area contributed by atoms with Crippen molar-refractivity contribution in [1.29, 1.82) is 0 Å². The highest BCUT2D eigenvalue weighted by molar-refractivity contribution is 7.15. The van der Waals surface area contributed by atoms with E-state index < -0.39 is 5.97 Å². The first kappa shape index (κ1) is 24.6. The molecule has 0 saturated heterocycles. The lowest BCUT2D eigenvalue weighted by atomic mass is 10.0.